The van der Waals surface area contributed by atoms with Crippen molar-refractivity contribution >= 4 is 17.6 Å². The summed E-state index contributed by atoms with van der Waals surface area (Å²) in [6.07, 6.45) is 8.84. The highest BCUT2D eigenvalue weighted by molar-refractivity contribution is 5.47. The molecule has 2 aromatic rings. The van der Waals surface area contributed by atoms with Gasteiger partial charge in [-0.2, -0.15) is 4.98 Å². The van der Waals surface area contributed by atoms with E-state index in [1.165, 1.54) is 25.7 Å². The zero-order chi connectivity index (χ0) is 17.8. The molecular formula is C20H28N6. The van der Waals surface area contributed by atoms with Gasteiger partial charge in [0.2, 0.25) is 5.95 Å². The predicted molar refractivity (Wildman–Crippen MR) is 106 cm³/mol. The van der Waals surface area contributed by atoms with Crippen molar-refractivity contribution in [2.24, 2.45) is 0 Å². The molecule has 2 aliphatic heterocycles. The molecule has 2 saturated heterocycles. The van der Waals surface area contributed by atoms with Crippen LogP contribution in [0.1, 0.15) is 32.6 Å². The van der Waals surface area contributed by atoms with Crippen molar-refractivity contribution in [1.82, 2.24) is 15.0 Å². The van der Waals surface area contributed by atoms with E-state index < -0.39 is 0 Å². The molecule has 138 valence electrons. The molecule has 6 nitrogen and oxygen atoms in total. The number of hydrogen-bond donors (Lipinski definition) is 0. The number of anilines is 3. The largest absolute Gasteiger partial charge is 0.353 e. The lowest BCUT2D eigenvalue weighted by Crippen LogP contribution is -2.47. The van der Waals surface area contributed by atoms with Crippen molar-refractivity contribution in [3.63, 3.8) is 0 Å². The monoisotopic (exact) mass is 352 g/mol. The van der Waals surface area contributed by atoms with E-state index >= 15 is 0 Å². The first kappa shape index (κ1) is 17.1. The second-order valence-electron chi connectivity index (χ2n) is 7.13. The van der Waals surface area contributed by atoms with Gasteiger partial charge in [-0.25, -0.2) is 9.97 Å². The fourth-order valence-electron chi connectivity index (χ4n) is 4.05. The van der Waals surface area contributed by atoms with Crippen LogP contribution >= 0.6 is 0 Å². The molecule has 0 aliphatic carbocycles. The third-order valence-corrected chi connectivity index (χ3v) is 5.56. The van der Waals surface area contributed by atoms with Gasteiger partial charge in [-0.05, 0) is 43.9 Å². The van der Waals surface area contributed by atoms with E-state index in [4.69, 9.17) is 4.98 Å². The minimum Gasteiger partial charge on any atom is -0.353 e. The summed E-state index contributed by atoms with van der Waals surface area (Å²) in [5.41, 5.74) is 0. The summed E-state index contributed by atoms with van der Waals surface area (Å²) in [4.78, 5) is 21.1. The molecule has 4 rings (SSSR count). The average Bonchev–Trinajstić information content (AvgIpc) is 2.74. The molecular weight excluding hydrogens is 324 g/mol. The summed E-state index contributed by atoms with van der Waals surface area (Å²) in [5.74, 6) is 3.01. The first-order chi connectivity index (χ1) is 12.8. The van der Waals surface area contributed by atoms with Gasteiger partial charge < -0.3 is 14.7 Å². The molecule has 2 aliphatic rings. The predicted octanol–water partition coefficient (Wildman–Crippen LogP) is 2.97. The molecule has 6 heteroatoms. The Bertz CT molecular complexity index is 698. The summed E-state index contributed by atoms with van der Waals surface area (Å²) in [6.45, 7) is 7.15. The van der Waals surface area contributed by atoms with Crippen molar-refractivity contribution < 1.29 is 0 Å². The standard InChI is InChI=1S/C20H28N6/c1-2-17-7-4-6-12-26(17)19-9-11-22-20(23-19)25-15-13-24(14-16-25)18-8-3-5-10-21-18/h3,5,8-11,17H,2,4,6-7,12-16H2,1H3. The first-order valence-corrected chi connectivity index (χ1v) is 9.86. The Hall–Kier alpha value is -2.37. The Balaban J connectivity index is 1.44. The Labute approximate surface area is 155 Å². The van der Waals surface area contributed by atoms with E-state index in [-0.39, 0.29) is 0 Å². The van der Waals surface area contributed by atoms with Crippen LogP contribution in [-0.4, -0.2) is 53.7 Å². The zero-order valence-electron chi connectivity index (χ0n) is 15.6. The number of pyridine rings is 1. The summed E-state index contributed by atoms with van der Waals surface area (Å²) >= 11 is 0. The Morgan fingerprint density at radius 2 is 1.73 bits per heavy atom. The Morgan fingerprint density at radius 3 is 2.50 bits per heavy atom. The van der Waals surface area contributed by atoms with Crippen LogP contribution in [0.4, 0.5) is 17.6 Å². The fourth-order valence-corrected chi connectivity index (χ4v) is 4.05. The maximum absolute atomic E-state index is 4.92. The van der Waals surface area contributed by atoms with E-state index in [0.29, 0.717) is 6.04 Å². The zero-order valence-corrected chi connectivity index (χ0v) is 15.6. The van der Waals surface area contributed by atoms with Crippen molar-refractivity contribution in [2.45, 2.75) is 38.6 Å². The van der Waals surface area contributed by atoms with Crippen molar-refractivity contribution in [2.75, 3.05) is 47.4 Å². The molecule has 2 fully saturated rings. The summed E-state index contributed by atoms with van der Waals surface area (Å²) in [5, 5.41) is 0. The van der Waals surface area contributed by atoms with E-state index in [2.05, 4.69) is 43.7 Å². The highest BCUT2D eigenvalue weighted by Gasteiger charge is 2.24. The highest BCUT2D eigenvalue weighted by Crippen LogP contribution is 2.26. The number of piperidine rings is 1. The molecule has 0 amide bonds. The number of hydrogen-bond acceptors (Lipinski definition) is 6. The molecule has 1 atom stereocenters. The van der Waals surface area contributed by atoms with Crippen molar-refractivity contribution in [3.8, 4) is 0 Å². The van der Waals surface area contributed by atoms with Gasteiger partial charge in [0.15, 0.2) is 0 Å². The third-order valence-electron chi connectivity index (χ3n) is 5.56. The molecule has 0 saturated carbocycles. The van der Waals surface area contributed by atoms with E-state index in [1.54, 1.807) is 0 Å². The Morgan fingerprint density at radius 1 is 0.885 bits per heavy atom. The summed E-state index contributed by atoms with van der Waals surface area (Å²) in [7, 11) is 0. The van der Waals surface area contributed by atoms with Crippen LogP contribution in [0.5, 0.6) is 0 Å². The van der Waals surface area contributed by atoms with Crippen LogP contribution in [0.3, 0.4) is 0 Å². The second kappa shape index (κ2) is 7.89. The van der Waals surface area contributed by atoms with Gasteiger partial charge >= 0.3 is 0 Å². The highest BCUT2D eigenvalue weighted by atomic mass is 15.3. The van der Waals surface area contributed by atoms with Gasteiger partial charge in [0.1, 0.15) is 11.6 Å². The van der Waals surface area contributed by atoms with E-state index in [1.807, 2.05) is 24.5 Å². The van der Waals surface area contributed by atoms with Gasteiger partial charge in [-0.1, -0.05) is 13.0 Å². The van der Waals surface area contributed by atoms with Crippen LogP contribution in [0.25, 0.3) is 0 Å². The topological polar surface area (TPSA) is 48.4 Å². The van der Waals surface area contributed by atoms with Crippen molar-refractivity contribution in [1.29, 1.82) is 0 Å². The number of rotatable bonds is 4. The fraction of sp³-hybridized carbons (Fsp3) is 0.550. The minimum atomic E-state index is 0.618. The third kappa shape index (κ3) is 3.59. The summed E-state index contributed by atoms with van der Waals surface area (Å²) in [6, 6.07) is 8.77. The molecule has 0 aromatic carbocycles. The molecule has 0 bridgehead atoms. The lowest BCUT2D eigenvalue weighted by molar-refractivity contribution is 0.446. The smallest absolute Gasteiger partial charge is 0.227 e. The minimum absolute atomic E-state index is 0.618. The second-order valence-corrected chi connectivity index (χ2v) is 7.13. The normalized spacial score (nSPS) is 21.1. The average molecular weight is 352 g/mol. The molecule has 0 radical (unpaired) electrons. The van der Waals surface area contributed by atoms with Gasteiger partial charge in [-0.3, -0.25) is 0 Å². The lowest BCUT2D eigenvalue weighted by Gasteiger charge is -2.38. The maximum atomic E-state index is 4.92. The number of piperazine rings is 1. The quantitative estimate of drug-likeness (QED) is 0.843. The molecule has 0 N–H and O–H groups in total. The number of aromatic nitrogens is 3. The van der Waals surface area contributed by atoms with Crippen molar-refractivity contribution in [3.05, 3.63) is 36.7 Å². The van der Waals surface area contributed by atoms with Gasteiger partial charge in [0.25, 0.3) is 0 Å². The molecule has 1 unspecified atom stereocenters. The lowest BCUT2D eigenvalue weighted by atomic mass is 10.0. The van der Waals surface area contributed by atoms with Crippen LogP contribution in [0.15, 0.2) is 36.7 Å². The van der Waals surface area contributed by atoms with E-state index in [9.17, 15) is 0 Å². The van der Waals surface area contributed by atoms with Gasteiger partial charge in [-0.15, -0.1) is 0 Å². The van der Waals surface area contributed by atoms with E-state index in [0.717, 1.165) is 50.3 Å². The molecule has 4 heterocycles. The van der Waals surface area contributed by atoms with Crippen LogP contribution < -0.4 is 14.7 Å². The molecule has 26 heavy (non-hydrogen) atoms. The Kier molecular flexibility index (Phi) is 5.18. The number of nitrogens with zero attached hydrogens (tertiary/aromatic N) is 6. The summed E-state index contributed by atoms with van der Waals surface area (Å²) < 4.78 is 0. The first-order valence-electron chi connectivity index (χ1n) is 9.86. The molecule has 0 spiro atoms. The van der Waals surface area contributed by atoms with Crippen LogP contribution in [0.2, 0.25) is 0 Å². The van der Waals surface area contributed by atoms with Crippen LogP contribution in [0, 0.1) is 0 Å². The van der Waals surface area contributed by atoms with Crippen LogP contribution in [-0.2, 0) is 0 Å². The van der Waals surface area contributed by atoms with Gasteiger partial charge in [0.05, 0.1) is 0 Å². The molecule has 2 aromatic heterocycles. The SMILES string of the molecule is CCC1CCCCN1c1ccnc(N2CCN(c3ccccn3)CC2)n1. The maximum Gasteiger partial charge on any atom is 0.227 e. The van der Waals surface area contributed by atoms with Gasteiger partial charge in [0, 0.05) is 51.2 Å².